The Morgan fingerprint density at radius 1 is 1.47 bits per heavy atom. The Hall–Kier alpha value is -2.09. The van der Waals surface area contributed by atoms with Gasteiger partial charge in [0.2, 0.25) is 11.9 Å². The van der Waals surface area contributed by atoms with Crippen molar-refractivity contribution in [2.75, 3.05) is 43.6 Å². The lowest BCUT2D eigenvalue weighted by atomic mass is 10.5. The van der Waals surface area contributed by atoms with Crippen LogP contribution in [0.25, 0.3) is 0 Å². The summed E-state index contributed by atoms with van der Waals surface area (Å²) in [5.74, 6) is 0.557. The van der Waals surface area contributed by atoms with E-state index in [1.807, 2.05) is 0 Å². The molecule has 0 atom stereocenters. The van der Waals surface area contributed by atoms with Crippen LogP contribution in [0.5, 0.6) is 0 Å². The summed E-state index contributed by atoms with van der Waals surface area (Å²) in [7, 11) is 1.57. The fourth-order valence-electron chi connectivity index (χ4n) is 1.10. The number of ether oxygens (including phenoxy) is 1. The van der Waals surface area contributed by atoms with Gasteiger partial charge in [-0.15, -0.1) is 0 Å². The fraction of sp³-hybridized carbons (Fsp3) is 0.444. The molecule has 0 aromatic carbocycles. The quantitative estimate of drug-likeness (QED) is 0.460. The molecule has 0 saturated heterocycles. The van der Waals surface area contributed by atoms with Crippen molar-refractivity contribution in [3.8, 4) is 0 Å². The Balaban J connectivity index is 2.36. The number of nitrogens with two attached hydrogens (primary N) is 2. The molecule has 1 heterocycles. The molecular formula is C9H16N6O2. The van der Waals surface area contributed by atoms with Crippen LogP contribution in [0.2, 0.25) is 0 Å². The number of nitrogens with zero attached hydrogens (tertiary/aromatic N) is 2. The van der Waals surface area contributed by atoms with Crippen molar-refractivity contribution in [3.63, 3.8) is 0 Å². The average molecular weight is 240 g/mol. The summed E-state index contributed by atoms with van der Waals surface area (Å²) >= 11 is 0. The van der Waals surface area contributed by atoms with Gasteiger partial charge in [0.1, 0.15) is 11.6 Å². The third kappa shape index (κ3) is 4.98. The maximum absolute atomic E-state index is 11.3. The van der Waals surface area contributed by atoms with Gasteiger partial charge in [-0.2, -0.15) is 9.97 Å². The van der Waals surface area contributed by atoms with Crippen molar-refractivity contribution in [2.24, 2.45) is 0 Å². The highest BCUT2D eigenvalue weighted by Gasteiger charge is 2.03. The van der Waals surface area contributed by atoms with Crippen LogP contribution >= 0.6 is 0 Å². The standard InChI is InChI=1S/C9H16N6O2/c1-17-3-2-12-8(16)5-13-7-4-6(10)14-9(11)15-7/h4H,2-3,5H2,1H3,(H,12,16)(H5,10,11,13,14,15). The van der Waals surface area contributed by atoms with E-state index in [-0.39, 0.29) is 24.2 Å². The second-order valence-corrected chi connectivity index (χ2v) is 3.23. The molecule has 0 fully saturated rings. The van der Waals surface area contributed by atoms with Gasteiger partial charge in [-0.3, -0.25) is 4.79 Å². The van der Waals surface area contributed by atoms with E-state index in [4.69, 9.17) is 16.2 Å². The number of carbonyl (C=O) groups excluding carboxylic acids is 1. The van der Waals surface area contributed by atoms with Crippen LogP contribution in [0.1, 0.15) is 0 Å². The van der Waals surface area contributed by atoms with Gasteiger partial charge in [-0.1, -0.05) is 0 Å². The molecule has 0 spiro atoms. The van der Waals surface area contributed by atoms with Crippen molar-refractivity contribution in [3.05, 3.63) is 6.07 Å². The predicted molar refractivity (Wildman–Crippen MR) is 64.2 cm³/mol. The summed E-state index contributed by atoms with van der Waals surface area (Å²) in [6.45, 7) is 1.02. The molecule has 0 saturated carbocycles. The number of nitrogen functional groups attached to an aromatic ring is 2. The van der Waals surface area contributed by atoms with E-state index in [0.717, 1.165) is 0 Å². The number of methoxy groups -OCH3 is 1. The van der Waals surface area contributed by atoms with Gasteiger partial charge in [0.25, 0.3) is 0 Å². The molecule has 0 aliphatic carbocycles. The molecule has 1 rings (SSSR count). The normalized spacial score (nSPS) is 9.94. The first-order chi connectivity index (χ1) is 8.11. The minimum atomic E-state index is -0.169. The Morgan fingerprint density at radius 3 is 2.88 bits per heavy atom. The van der Waals surface area contributed by atoms with Crippen molar-refractivity contribution >= 4 is 23.5 Å². The van der Waals surface area contributed by atoms with Gasteiger partial charge >= 0.3 is 0 Å². The SMILES string of the molecule is COCCNC(=O)CNc1cc(N)nc(N)n1. The Kier molecular flexibility index (Phi) is 4.95. The van der Waals surface area contributed by atoms with Gasteiger partial charge in [0.15, 0.2) is 0 Å². The van der Waals surface area contributed by atoms with Gasteiger partial charge in [0.05, 0.1) is 13.2 Å². The zero-order chi connectivity index (χ0) is 12.7. The number of hydrogen-bond donors (Lipinski definition) is 4. The van der Waals surface area contributed by atoms with E-state index < -0.39 is 0 Å². The van der Waals surface area contributed by atoms with Crippen molar-refractivity contribution in [1.82, 2.24) is 15.3 Å². The molecule has 17 heavy (non-hydrogen) atoms. The molecule has 1 aromatic rings. The molecule has 0 aliphatic rings. The summed E-state index contributed by atoms with van der Waals surface area (Å²) in [6.07, 6.45) is 0. The Bertz CT molecular complexity index is 363. The second kappa shape index (κ2) is 6.48. The minimum Gasteiger partial charge on any atom is -0.383 e. The minimum absolute atomic E-state index is 0.0623. The maximum atomic E-state index is 11.3. The van der Waals surface area contributed by atoms with Gasteiger partial charge in [-0.25, -0.2) is 0 Å². The summed E-state index contributed by atoms with van der Waals surface area (Å²) in [6, 6.07) is 1.50. The Morgan fingerprint density at radius 2 is 2.24 bits per heavy atom. The van der Waals surface area contributed by atoms with Crippen molar-refractivity contribution in [1.29, 1.82) is 0 Å². The lowest BCUT2D eigenvalue weighted by Gasteiger charge is -2.07. The molecule has 1 amide bonds. The van der Waals surface area contributed by atoms with E-state index in [0.29, 0.717) is 19.0 Å². The lowest BCUT2D eigenvalue weighted by Crippen LogP contribution is -2.32. The van der Waals surface area contributed by atoms with Gasteiger partial charge in [-0.05, 0) is 0 Å². The van der Waals surface area contributed by atoms with Crippen LogP contribution in [-0.2, 0) is 9.53 Å². The highest BCUT2D eigenvalue weighted by Crippen LogP contribution is 2.08. The zero-order valence-corrected chi connectivity index (χ0v) is 9.56. The van der Waals surface area contributed by atoms with Crippen molar-refractivity contribution in [2.45, 2.75) is 0 Å². The maximum Gasteiger partial charge on any atom is 0.239 e. The molecular weight excluding hydrogens is 224 g/mol. The van der Waals surface area contributed by atoms with Crippen LogP contribution in [0, 0.1) is 0 Å². The monoisotopic (exact) mass is 240 g/mol. The molecule has 6 N–H and O–H groups in total. The number of rotatable bonds is 6. The lowest BCUT2D eigenvalue weighted by molar-refractivity contribution is -0.119. The Labute approximate surface area is 98.7 Å². The van der Waals surface area contributed by atoms with E-state index in [9.17, 15) is 4.79 Å². The average Bonchev–Trinajstić information content (AvgIpc) is 2.25. The molecule has 0 aliphatic heterocycles. The van der Waals surface area contributed by atoms with Gasteiger partial charge in [0, 0.05) is 19.7 Å². The smallest absolute Gasteiger partial charge is 0.239 e. The fourth-order valence-corrected chi connectivity index (χ4v) is 1.10. The number of carbonyl (C=O) groups is 1. The summed E-state index contributed by atoms with van der Waals surface area (Å²) < 4.78 is 4.80. The topological polar surface area (TPSA) is 128 Å². The zero-order valence-electron chi connectivity index (χ0n) is 9.56. The predicted octanol–water partition coefficient (Wildman–Crippen LogP) is -1.18. The molecule has 8 heteroatoms. The number of anilines is 3. The second-order valence-electron chi connectivity index (χ2n) is 3.23. The molecule has 0 unspecified atom stereocenters. The third-order valence-electron chi connectivity index (χ3n) is 1.82. The van der Waals surface area contributed by atoms with E-state index >= 15 is 0 Å². The van der Waals surface area contributed by atoms with Crippen LogP contribution in [0.3, 0.4) is 0 Å². The first-order valence-corrected chi connectivity index (χ1v) is 5.01. The molecule has 1 aromatic heterocycles. The molecule has 0 bridgehead atoms. The number of nitrogens with one attached hydrogen (secondary N) is 2. The van der Waals surface area contributed by atoms with E-state index in [2.05, 4.69) is 20.6 Å². The molecule has 0 radical (unpaired) electrons. The molecule has 8 nitrogen and oxygen atoms in total. The summed E-state index contributed by atoms with van der Waals surface area (Å²) in [5.41, 5.74) is 10.9. The highest BCUT2D eigenvalue weighted by atomic mass is 16.5. The van der Waals surface area contributed by atoms with Crippen LogP contribution in [0.15, 0.2) is 6.07 Å². The van der Waals surface area contributed by atoms with Crippen LogP contribution in [0.4, 0.5) is 17.6 Å². The summed E-state index contributed by atoms with van der Waals surface area (Å²) in [4.78, 5) is 18.9. The number of amides is 1. The van der Waals surface area contributed by atoms with Gasteiger partial charge < -0.3 is 26.8 Å². The summed E-state index contributed by atoms with van der Waals surface area (Å²) in [5, 5.41) is 5.44. The van der Waals surface area contributed by atoms with Crippen LogP contribution in [-0.4, -0.2) is 42.7 Å². The van der Waals surface area contributed by atoms with E-state index in [1.54, 1.807) is 7.11 Å². The largest absolute Gasteiger partial charge is 0.383 e. The highest BCUT2D eigenvalue weighted by molar-refractivity contribution is 5.80. The number of hydrogen-bond acceptors (Lipinski definition) is 7. The van der Waals surface area contributed by atoms with E-state index in [1.165, 1.54) is 6.07 Å². The molecule has 94 valence electrons. The van der Waals surface area contributed by atoms with Crippen molar-refractivity contribution < 1.29 is 9.53 Å². The number of aromatic nitrogens is 2. The third-order valence-corrected chi connectivity index (χ3v) is 1.82. The first-order valence-electron chi connectivity index (χ1n) is 5.01. The first kappa shape index (κ1) is 13.0. The van der Waals surface area contributed by atoms with Crippen LogP contribution < -0.4 is 22.1 Å².